The van der Waals surface area contributed by atoms with Crippen molar-refractivity contribution in [2.24, 2.45) is 0 Å². The molecule has 0 aliphatic heterocycles. The van der Waals surface area contributed by atoms with E-state index in [0.717, 1.165) is 46.7 Å². The number of H-pyrrole nitrogens is 1. The van der Waals surface area contributed by atoms with Crippen molar-refractivity contribution in [1.29, 1.82) is 0 Å². The molecule has 0 spiro atoms. The van der Waals surface area contributed by atoms with E-state index in [1.54, 1.807) is 4.57 Å². The average molecular weight is 469 g/mol. The number of hydrogen-bond acceptors (Lipinski definition) is 5. The van der Waals surface area contributed by atoms with Gasteiger partial charge in [-0.3, -0.25) is 14.1 Å². The van der Waals surface area contributed by atoms with Gasteiger partial charge in [0.05, 0.1) is 12.2 Å². The molecule has 9 nitrogen and oxygen atoms in total. The molecule has 0 unspecified atom stereocenters. The summed E-state index contributed by atoms with van der Waals surface area (Å²) in [5.41, 5.74) is 4.56. The summed E-state index contributed by atoms with van der Waals surface area (Å²) in [5.74, 6) is 1.47. The molecule has 0 atom stereocenters. The topological polar surface area (TPSA) is 99.2 Å². The third-order valence-electron chi connectivity index (χ3n) is 6.10. The van der Waals surface area contributed by atoms with Gasteiger partial charge in [-0.1, -0.05) is 43.7 Å². The lowest BCUT2D eigenvalue weighted by molar-refractivity contribution is 0.583. The number of benzene rings is 1. The minimum Gasteiger partial charge on any atom is -0.332 e. The predicted octanol–water partition coefficient (Wildman–Crippen LogP) is 4.26. The van der Waals surface area contributed by atoms with E-state index in [-0.39, 0.29) is 11.7 Å². The van der Waals surface area contributed by atoms with Gasteiger partial charge in [-0.15, -0.1) is 5.10 Å². The first kappa shape index (κ1) is 22.5. The summed E-state index contributed by atoms with van der Waals surface area (Å²) in [5, 5.41) is 14.2. The Morgan fingerprint density at radius 2 is 1.86 bits per heavy atom. The first-order chi connectivity index (χ1) is 17.1. The van der Waals surface area contributed by atoms with Crippen LogP contribution in [0.25, 0.3) is 28.5 Å². The summed E-state index contributed by atoms with van der Waals surface area (Å²) in [6.07, 6.45) is 7.61. The molecular formula is C26H28N8O. The number of aromatic nitrogens is 8. The summed E-state index contributed by atoms with van der Waals surface area (Å²) in [7, 11) is 0. The summed E-state index contributed by atoms with van der Waals surface area (Å²) in [4.78, 5) is 18.2. The van der Waals surface area contributed by atoms with Crippen molar-refractivity contribution in [1.82, 2.24) is 39.3 Å². The first-order valence-corrected chi connectivity index (χ1v) is 11.8. The molecule has 0 aliphatic rings. The molecule has 5 aromatic rings. The van der Waals surface area contributed by atoms with Crippen LogP contribution in [0, 0.1) is 0 Å². The van der Waals surface area contributed by atoms with Crippen LogP contribution in [0.2, 0.25) is 0 Å². The molecule has 0 bridgehead atoms. The Kier molecular flexibility index (Phi) is 6.13. The van der Waals surface area contributed by atoms with E-state index in [4.69, 9.17) is 4.98 Å². The molecule has 5 rings (SSSR count). The predicted molar refractivity (Wildman–Crippen MR) is 134 cm³/mol. The second-order valence-corrected chi connectivity index (χ2v) is 8.82. The number of pyridine rings is 1. The van der Waals surface area contributed by atoms with Crippen LogP contribution in [-0.4, -0.2) is 39.3 Å². The third kappa shape index (κ3) is 4.32. The lowest BCUT2D eigenvalue weighted by Gasteiger charge is -2.12. The molecule has 0 fully saturated rings. The van der Waals surface area contributed by atoms with Crippen LogP contribution >= 0.6 is 0 Å². The van der Waals surface area contributed by atoms with Gasteiger partial charge in [0, 0.05) is 41.5 Å². The number of imidazole rings is 1. The number of rotatable bonds is 8. The molecule has 0 radical (unpaired) electrons. The number of nitrogens with one attached hydrogen (secondary N) is 1. The molecule has 1 N–H and O–H groups in total. The van der Waals surface area contributed by atoms with Gasteiger partial charge in [-0.25, -0.2) is 9.89 Å². The Morgan fingerprint density at radius 1 is 1.03 bits per heavy atom. The molecular weight excluding hydrogens is 440 g/mol. The Balaban J connectivity index is 1.47. The highest BCUT2D eigenvalue weighted by molar-refractivity contribution is 5.78. The van der Waals surface area contributed by atoms with Crippen molar-refractivity contribution >= 4 is 0 Å². The Labute approximate surface area is 203 Å². The van der Waals surface area contributed by atoms with E-state index >= 15 is 0 Å². The summed E-state index contributed by atoms with van der Waals surface area (Å²) >= 11 is 0. The quantitative estimate of drug-likeness (QED) is 0.367. The fourth-order valence-electron chi connectivity index (χ4n) is 4.39. The van der Waals surface area contributed by atoms with Gasteiger partial charge in [0.1, 0.15) is 5.82 Å². The Hall–Kier alpha value is -4.27. The van der Waals surface area contributed by atoms with Crippen molar-refractivity contribution in [2.75, 3.05) is 0 Å². The first-order valence-electron chi connectivity index (χ1n) is 11.8. The molecule has 4 aromatic heterocycles. The van der Waals surface area contributed by atoms with Gasteiger partial charge >= 0.3 is 5.69 Å². The van der Waals surface area contributed by atoms with Gasteiger partial charge in [-0.05, 0) is 54.5 Å². The molecule has 0 saturated carbocycles. The van der Waals surface area contributed by atoms with E-state index in [1.807, 2.05) is 71.7 Å². The second kappa shape index (κ2) is 9.54. The molecule has 35 heavy (non-hydrogen) atoms. The van der Waals surface area contributed by atoms with Gasteiger partial charge in [0.15, 0.2) is 5.82 Å². The highest BCUT2D eigenvalue weighted by Crippen LogP contribution is 2.28. The zero-order valence-electron chi connectivity index (χ0n) is 20.1. The molecule has 1 aromatic carbocycles. The minimum atomic E-state index is -0.0405. The number of nitrogens with zero attached hydrogens (tertiary/aromatic N) is 7. The minimum absolute atomic E-state index is 0.0405. The van der Waals surface area contributed by atoms with E-state index in [2.05, 4.69) is 46.0 Å². The van der Waals surface area contributed by atoms with Crippen molar-refractivity contribution in [3.8, 4) is 28.5 Å². The maximum absolute atomic E-state index is 13.5. The van der Waals surface area contributed by atoms with Crippen molar-refractivity contribution in [2.45, 2.75) is 46.2 Å². The monoisotopic (exact) mass is 468 g/mol. The fraction of sp³-hybridized carbons (Fsp3) is 0.269. The van der Waals surface area contributed by atoms with E-state index < -0.39 is 0 Å². The Morgan fingerprint density at radius 3 is 2.54 bits per heavy atom. The van der Waals surface area contributed by atoms with Crippen molar-refractivity contribution in [3.63, 3.8) is 0 Å². The molecule has 0 saturated heterocycles. The van der Waals surface area contributed by atoms with Gasteiger partial charge in [0.25, 0.3) is 0 Å². The number of aryl methyl sites for hydroxylation is 1. The van der Waals surface area contributed by atoms with Crippen LogP contribution in [0.15, 0.2) is 71.9 Å². The largest absolute Gasteiger partial charge is 0.334 e. The molecule has 0 amide bonds. The lowest BCUT2D eigenvalue weighted by Crippen LogP contribution is -2.26. The summed E-state index contributed by atoms with van der Waals surface area (Å²) < 4.78 is 5.72. The van der Waals surface area contributed by atoms with Crippen LogP contribution < -0.4 is 5.69 Å². The standard InChI is InChI=1S/C26H28N8O/c1-4-8-20-17-34(24-11-7-14-32(24)18(2)3)26(35)33(20)16-19-12-13-23(27-15-19)21-9-5-6-10-22(21)25-28-30-31-29-25/h5-7,9-15,17-18H,4,8,16H2,1-3H3,(H,28,29,30,31). The van der Waals surface area contributed by atoms with E-state index in [0.29, 0.717) is 12.4 Å². The van der Waals surface area contributed by atoms with Crippen LogP contribution in [0.5, 0.6) is 0 Å². The number of hydrogen-bond donors (Lipinski definition) is 1. The maximum atomic E-state index is 13.5. The SMILES string of the molecule is CCCc1cn(-c2cccn2C(C)C)c(=O)n1Cc1ccc(-c2ccccc2-c2nnn[nH]2)nc1. The van der Waals surface area contributed by atoms with Crippen LogP contribution in [0.1, 0.15) is 44.5 Å². The highest BCUT2D eigenvalue weighted by atomic mass is 16.1. The summed E-state index contributed by atoms with van der Waals surface area (Å²) in [6, 6.07) is 16.1. The summed E-state index contributed by atoms with van der Waals surface area (Å²) in [6.45, 7) is 6.82. The highest BCUT2D eigenvalue weighted by Gasteiger charge is 2.16. The number of aromatic amines is 1. The van der Waals surface area contributed by atoms with Crippen molar-refractivity contribution < 1.29 is 0 Å². The van der Waals surface area contributed by atoms with Gasteiger partial charge in [-0.2, -0.15) is 0 Å². The van der Waals surface area contributed by atoms with Crippen LogP contribution in [-0.2, 0) is 13.0 Å². The Bertz CT molecular complexity index is 1470. The zero-order valence-corrected chi connectivity index (χ0v) is 20.1. The molecule has 178 valence electrons. The van der Waals surface area contributed by atoms with Crippen LogP contribution in [0.4, 0.5) is 0 Å². The van der Waals surface area contributed by atoms with Gasteiger partial charge < -0.3 is 4.57 Å². The smallest absolute Gasteiger partial charge is 0.332 e. The normalized spacial score (nSPS) is 11.4. The van der Waals surface area contributed by atoms with Gasteiger partial charge in [0.2, 0.25) is 0 Å². The molecule has 9 heteroatoms. The van der Waals surface area contributed by atoms with Crippen molar-refractivity contribution in [3.05, 3.63) is 88.9 Å². The van der Waals surface area contributed by atoms with E-state index in [9.17, 15) is 4.79 Å². The average Bonchev–Trinajstić information content (AvgIpc) is 3.62. The molecule has 4 heterocycles. The number of tetrazole rings is 1. The fourth-order valence-corrected chi connectivity index (χ4v) is 4.39. The maximum Gasteiger partial charge on any atom is 0.334 e. The zero-order chi connectivity index (χ0) is 24.4. The lowest BCUT2D eigenvalue weighted by atomic mass is 10.0. The van der Waals surface area contributed by atoms with Crippen LogP contribution in [0.3, 0.4) is 0 Å². The second-order valence-electron chi connectivity index (χ2n) is 8.82. The molecule has 0 aliphatic carbocycles. The third-order valence-corrected chi connectivity index (χ3v) is 6.10. The van der Waals surface area contributed by atoms with E-state index in [1.165, 1.54) is 0 Å².